The third-order valence-corrected chi connectivity index (χ3v) is 1.42. The van der Waals surface area contributed by atoms with Crippen LogP contribution in [0.4, 0.5) is 4.39 Å². The Morgan fingerprint density at radius 3 is 2.40 bits per heavy atom. The lowest BCUT2D eigenvalue weighted by Crippen LogP contribution is -2.02. The second kappa shape index (κ2) is 2.25. The van der Waals surface area contributed by atoms with Gasteiger partial charge >= 0.3 is 0 Å². The highest BCUT2D eigenvalue weighted by atomic mass is 19.1. The Bertz CT molecular complexity index is 265. The highest BCUT2D eigenvalue weighted by Crippen LogP contribution is 2.04. The fourth-order valence-electron chi connectivity index (χ4n) is 0.840. The molecular weight excluding hydrogens is 133 g/mol. The van der Waals surface area contributed by atoms with Crippen molar-refractivity contribution in [1.82, 2.24) is 4.57 Å². The summed E-state index contributed by atoms with van der Waals surface area (Å²) in [7, 11) is 1.52. The molecule has 0 atom stereocenters. The predicted octanol–water partition coefficient (Wildman–Crippen LogP) is 1.37. The number of carbonyl (C=O) groups is 1. The van der Waals surface area contributed by atoms with E-state index in [0.29, 0.717) is 5.69 Å². The number of carbonyl (C=O) groups excluding carboxylic acids is 1. The van der Waals surface area contributed by atoms with Gasteiger partial charge in [0.2, 0.25) is 0 Å². The van der Waals surface area contributed by atoms with Crippen molar-refractivity contribution in [2.75, 3.05) is 0 Å². The molecule has 10 heavy (non-hydrogen) atoms. The first kappa shape index (κ1) is 6.99. The third kappa shape index (κ3) is 0.943. The van der Waals surface area contributed by atoms with Crippen LogP contribution in [0.2, 0.25) is 0 Å². The Hall–Kier alpha value is -1.12. The first-order chi connectivity index (χ1) is 4.63. The maximum absolute atomic E-state index is 12.5. The smallest absolute Gasteiger partial charge is 0.193 e. The zero-order chi connectivity index (χ0) is 7.72. The average Bonchev–Trinajstić information content (AvgIpc) is 2.14. The number of hydrogen-bond donors (Lipinski definition) is 0. The Morgan fingerprint density at radius 1 is 1.60 bits per heavy atom. The van der Waals surface area contributed by atoms with E-state index in [0.717, 1.165) is 0 Å². The van der Waals surface area contributed by atoms with Gasteiger partial charge in [-0.05, 0) is 12.1 Å². The van der Waals surface area contributed by atoms with Crippen molar-refractivity contribution in [1.29, 1.82) is 0 Å². The van der Waals surface area contributed by atoms with Gasteiger partial charge in [0.05, 0.1) is 5.69 Å². The van der Waals surface area contributed by atoms with Gasteiger partial charge in [-0.2, -0.15) is 4.39 Å². The molecule has 0 bridgehead atoms. The maximum atomic E-state index is 12.5. The molecule has 0 aliphatic heterocycles. The van der Waals surface area contributed by atoms with E-state index in [9.17, 15) is 9.18 Å². The highest BCUT2D eigenvalue weighted by Gasteiger charge is 2.06. The van der Waals surface area contributed by atoms with Gasteiger partial charge in [-0.15, -0.1) is 0 Å². The summed E-state index contributed by atoms with van der Waals surface area (Å²) < 4.78 is 13.7. The van der Waals surface area contributed by atoms with Crippen molar-refractivity contribution < 1.29 is 9.18 Å². The Kier molecular flexibility index (Phi) is 1.57. The van der Waals surface area contributed by atoms with Crippen molar-refractivity contribution in [3.8, 4) is 0 Å². The molecule has 1 heterocycles. The van der Waals surface area contributed by atoms with Crippen molar-refractivity contribution >= 4 is 5.78 Å². The lowest BCUT2D eigenvalue weighted by molar-refractivity contribution is 0.100. The maximum Gasteiger partial charge on any atom is 0.193 e. The first-order valence-corrected chi connectivity index (χ1v) is 2.95. The lowest BCUT2D eigenvalue weighted by Gasteiger charge is -1.96. The minimum absolute atomic E-state index is 0.119. The average molecular weight is 141 g/mol. The molecular formula is C7H8FNO. The van der Waals surface area contributed by atoms with Gasteiger partial charge in [0, 0.05) is 14.0 Å². The van der Waals surface area contributed by atoms with E-state index in [1.807, 2.05) is 0 Å². The van der Waals surface area contributed by atoms with E-state index in [-0.39, 0.29) is 11.7 Å². The number of rotatable bonds is 1. The molecule has 54 valence electrons. The highest BCUT2D eigenvalue weighted by molar-refractivity contribution is 5.92. The largest absolute Gasteiger partial charge is 0.318 e. The lowest BCUT2D eigenvalue weighted by atomic mass is 10.3. The van der Waals surface area contributed by atoms with Crippen LogP contribution in [0.5, 0.6) is 0 Å². The molecule has 0 fully saturated rings. The number of halogens is 1. The molecule has 0 aliphatic rings. The van der Waals surface area contributed by atoms with E-state index in [1.54, 1.807) is 0 Å². The summed E-state index contributed by atoms with van der Waals surface area (Å²) in [6, 6.07) is 2.74. The van der Waals surface area contributed by atoms with E-state index < -0.39 is 0 Å². The molecule has 0 amide bonds. The fraction of sp³-hybridized carbons (Fsp3) is 0.286. The van der Waals surface area contributed by atoms with Crippen LogP contribution < -0.4 is 0 Å². The zero-order valence-corrected chi connectivity index (χ0v) is 5.89. The first-order valence-electron chi connectivity index (χ1n) is 2.95. The number of hydrogen-bond acceptors (Lipinski definition) is 1. The summed E-state index contributed by atoms with van der Waals surface area (Å²) in [5, 5.41) is 0. The molecule has 0 aliphatic carbocycles. The second-order valence-corrected chi connectivity index (χ2v) is 2.16. The van der Waals surface area contributed by atoms with Crippen LogP contribution >= 0.6 is 0 Å². The molecule has 1 rings (SSSR count). The van der Waals surface area contributed by atoms with Crippen LogP contribution in [0.3, 0.4) is 0 Å². The van der Waals surface area contributed by atoms with Crippen molar-refractivity contribution in [3.05, 3.63) is 23.8 Å². The second-order valence-electron chi connectivity index (χ2n) is 2.16. The summed E-state index contributed by atoms with van der Waals surface area (Å²) in [6.45, 7) is 1.41. The molecule has 3 heteroatoms. The van der Waals surface area contributed by atoms with Crippen LogP contribution in [0.15, 0.2) is 12.1 Å². The SMILES string of the molecule is CC(=O)c1ccc(F)n1C. The molecule has 0 radical (unpaired) electrons. The van der Waals surface area contributed by atoms with Crippen LogP contribution in [0.1, 0.15) is 17.4 Å². The molecule has 0 saturated carbocycles. The molecule has 2 nitrogen and oxygen atoms in total. The van der Waals surface area contributed by atoms with Crippen molar-refractivity contribution in [2.45, 2.75) is 6.92 Å². The van der Waals surface area contributed by atoms with Gasteiger partial charge in [-0.25, -0.2) is 0 Å². The third-order valence-electron chi connectivity index (χ3n) is 1.42. The van der Waals surface area contributed by atoms with E-state index >= 15 is 0 Å². The Labute approximate surface area is 58.3 Å². The number of nitrogens with zero attached hydrogens (tertiary/aromatic N) is 1. The summed E-state index contributed by atoms with van der Waals surface area (Å²) >= 11 is 0. The van der Waals surface area contributed by atoms with Gasteiger partial charge < -0.3 is 4.57 Å². The number of ketones is 1. The Balaban J connectivity index is 3.17. The number of aromatic nitrogens is 1. The minimum Gasteiger partial charge on any atom is -0.318 e. The van der Waals surface area contributed by atoms with Crippen LogP contribution in [-0.2, 0) is 7.05 Å². The Morgan fingerprint density at radius 2 is 2.20 bits per heavy atom. The van der Waals surface area contributed by atoms with E-state index in [4.69, 9.17) is 0 Å². The standard InChI is InChI=1S/C7H8FNO/c1-5(10)6-3-4-7(8)9(6)2/h3-4H,1-2H3. The summed E-state index contributed by atoms with van der Waals surface area (Å²) in [6.07, 6.45) is 0. The minimum atomic E-state index is -0.384. The van der Waals surface area contributed by atoms with Gasteiger partial charge in [0.15, 0.2) is 11.7 Å². The van der Waals surface area contributed by atoms with Crippen molar-refractivity contribution in [2.24, 2.45) is 7.05 Å². The van der Waals surface area contributed by atoms with E-state index in [1.165, 1.54) is 30.7 Å². The number of Topliss-reactive ketones (excluding diaryl/α,β-unsaturated/α-hetero) is 1. The van der Waals surface area contributed by atoms with Crippen LogP contribution in [0.25, 0.3) is 0 Å². The molecule has 0 aromatic carbocycles. The van der Waals surface area contributed by atoms with Gasteiger partial charge in [-0.3, -0.25) is 4.79 Å². The molecule has 0 spiro atoms. The van der Waals surface area contributed by atoms with Crippen LogP contribution in [0, 0.1) is 5.95 Å². The predicted molar refractivity (Wildman–Crippen MR) is 35.4 cm³/mol. The molecule has 1 aromatic rings. The van der Waals surface area contributed by atoms with E-state index in [2.05, 4.69) is 0 Å². The van der Waals surface area contributed by atoms with Gasteiger partial charge in [0.25, 0.3) is 0 Å². The topological polar surface area (TPSA) is 22.0 Å². The summed E-state index contributed by atoms with van der Waals surface area (Å²) in [5.41, 5.74) is 0.400. The molecule has 0 unspecified atom stereocenters. The molecule has 0 saturated heterocycles. The molecule has 0 N–H and O–H groups in total. The summed E-state index contributed by atoms with van der Waals surface area (Å²) in [4.78, 5) is 10.7. The van der Waals surface area contributed by atoms with Crippen LogP contribution in [-0.4, -0.2) is 10.4 Å². The summed E-state index contributed by atoms with van der Waals surface area (Å²) in [5.74, 6) is -0.503. The monoisotopic (exact) mass is 141 g/mol. The normalized spacial score (nSPS) is 9.90. The van der Waals surface area contributed by atoms with Gasteiger partial charge in [0.1, 0.15) is 0 Å². The van der Waals surface area contributed by atoms with Crippen molar-refractivity contribution in [3.63, 3.8) is 0 Å². The quantitative estimate of drug-likeness (QED) is 0.541. The zero-order valence-electron chi connectivity index (χ0n) is 5.89. The molecule has 1 aromatic heterocycles. The fourth-order valence-corrected chi connectivity index (χ4v) is 0.840. The van der Waals surface area contributed by atoms with Gasteiger partial charge in [-0.1, -0.05) is 0 Å².